The van der Waals surface area contributed by atoms with E-state index in [0.717, 1.165) is 10.2 Å². The molecular formula is C16H25BrN2O2. The number of aromatic nitrogens is 1. The molecule has 0 radical (unpaired) electrons. The lowest BCUT2D eigenvalue weighted by molar-refractivity contribution is -0.171. The quantitative estimate of drug-likeness (QED) is 0.806. The van der Waals surface area contributed by atoms with Crippen molar-refractivity contribution in [2.24, 2.45) is 0 Å². The van der Waals surface area contributed by atoms with Crippen molar-refractivity contribution in [2.75, 3.05) is 13.1 Å². The first-order valence-electron chi connectivity index (χ1n) is 7.38. The van der Waals surface area contributed by atoms with Gasteiger partial charge in [-0.3, -0.25) is 4.79 Å². The Morgan fingerprint density at radius 1 is 1.24 bits per heavy atom. The second-order valence-electron chi connectivity index (χ2n) is 7.33. The van der Waals surface area contributed by atoms with Gasteiger partial charge in [-0.15, -0.1) is 0 Å². The van der Waals surface area contributed by atoms with E-state index in [9.17, 15) is 4.79 Å². The minimum absolute atomic E-state index is 0.0684. The van der Waals surface area contributed by atoms with Gasteiger partial charge in [-0.25, -0.2) is 0 Å². The molecule has 0 bridgehead atoms. The zero-order valence-corrected chi connectivity index (χ0v) is 15.3. The normalized spacial score (nSPS) is 20.9. The third-order valence-corrected chi connectivity index (χ3v) is 4.01. The van der Waals surface area contributed by atoms with Crippen LogP contribution < -0.4 is 0 Å². The number of carbonyl (C=O) groups is 1. The minimum Gasteiger partial charge on any atom is -0.366 e. The number of carbonyl (C=O) groups excluding carboxylic acids is 1. The molecule has 118 valence electrons. The van der Waals surface area contributed by atoms with Crippen LogP contribution in [0.25, 0.3) is 0 Å². The lowest BCUT2D eigenvalue weighted by Gasteiger charge is -2.47. The number of halogens is 1. The predicted molar refractivity (Wildman–Crippen MR) is 87.7 cm³/mol. The fourth-order valence-corrected chi connectivity index (χ4v) is 3.57. The largest absolute Gasteiger partial charge is 0.366 e. The van der Waals surface area contributed by atoms with Crippen molar-refractivity contribution in [1.82, 2.24) is 9.47 Å². The highest BCUT2D eigenvalue weighted by molar-refractivity contribution is 9.10. The number of rotatable bonds is 2. The first-order chi connectivity index (χ1) is 9.51. The van der Waals surface area contributed by atoms with E-state index in [1.54, 1.807) is 0 Å². The van der Waals surface area contributed by atoms with Crippen molar-refractivity contribution in [1.29, 1.82) is 0 Å². The Morgan fingerprint density at radius 2 is 1.76 bits per heavy atom. The van der Waals surface area contributed by atoms with Gasteiger partial charge in [-0.05, 0) is 63.5 Å². The molecule has 0 atom stereocenters. The Bertz CT molecular complexity index is 530. The van der Waals surface area contributed by atoms with Gasteiger partial charge >= 0.3 is 0 Å². The Labute approximate surface area is 135 Å². The maximum atomic E-state index is 12.9. The van der Waals surface area contributed by atoms with Gasteiger partial charge in [0.05, 0.1) is 11.2 Å². The van der Waals surface area contributed by atoms with Crippen LogP contribution in [0.4, 0.5) is 0 Å². The molecule has 1 aliphatic rings. The molecule has 0 aromatic carbocycles. The number of amides is 1. The lowest BCUT2D eigenvalue weighted by atomic mass is 9.98. The van der Waals surface area contributed by atoms with E-state index >= 15 is 0 Å². The molecule has 4 nitrogen and oxygen atoms in total. The zero-order valence-electron chi connectivity index (χ0n) is 13.7. The summed E-state index contributed by atoms with van der Waals surface area (Å²) < 4.78 is 9.00. The second-order valence-corrected chi connectivity index (χ2v) is 8.24. The van der Waals surface area contributed by atoms with E-state index in [1.165, 1.54) is 0 Å². The summed E-state index contributed by atoms with van der Waals surface area (Å²) in [7, 11) is 0. The SMILES string of the molecule is CC(C)n1cc(Br)cc1C(=O)N1CC(C)(C)OC(C)(C)C1. The van der Waals surface area contributed by atoms with Crippen LogP contribution in [0.5, 0.6) is 0 Å². The summed E-state index contributed by atoms with van der Waals surface area (Å²) in [5, 5.41) is 0. The van der Waals surface area contributed by atoms with Gasteiger partial charge in [0.25, 0.3) is 5.91 Å². The maximum absolute atomic E-state index is 12.9. The lowest BCUT2D eigenvalue weighted by Crippen LogP contribution is -2.58. The minimum atomic E-state index is -0.329. The van der Waals surface area contributed by atoms with Gasteiger partial charge < -0.3 is 14.2 Å². The van der Waals surface area contributed by atoms with Crippen LogP contribution in [0.3, 0.4) is 0 Å². The molecule has 1 aromatic rings. The molecule has 0 unspecified atom stereocenters. The van der Waals surface area contributed by atoms with E-state index in [2.05, 4.69) is 29.8 Å². The van der Waals surface area contributed by atoms with Gasteiger partial charge in [-0.1, -0.05) is 0 Å². The predicted octanol–water partition coefficient (Wildman–Crippen LogP) is 3.86. The molecule has 0 spiro atoms. The van der Waals surface area contributed by atoms with Crippen LogP contribution in [0.15, 0.2) is 16.7 Å². The third-order valence-electron chi connectivity index (χ3n) is 3.57. The van der Waals surface area contributed by atoms with Crippen LogP contribution in [0.1, 0.15) is 58.1 Å². The zero-order chi connectivity index (χ0) is 16.0. The van der Waals surface area contributed by atoms with Gasteiger partial charge in [-0.2, -0.15) is 0 Å². The molecule has 0 aliphatic carbocycles. The van der Waals surface area contributed by atoms with Crippen LogP contribution in [0.2, 0.25) is 0 Å². The monoisotopic (exact) mass is 356 g/mol. The fraction of sp³-hybridized carbons (Fsp3) is 0.688. The molecule has 1 saturated heterocycles. The highest BCUT2D eigenvalue weighted by Gasteiger charge is 2.40. The number of morpholine rings is 1. The van der Waals surface area contributed by atoms with Gasteiger partial charge in [0.1, 0.15) is 5.69 Å². The average molecular weight is 357 g/mol. The van der Waals surface area contributed by atoms with E-state index in [1.807, 2.05) is 49.4 Å². The van der Waals surface area contributed by atoms with Gasteiger partial charge in [0.2, 0.25) is 0 Å². The Balaban J connectivity index is 2.32. The summed E-state index contributed by atoms with van der Waals surface area (Å²) in [6, 6.07) is 2.15. The molecule has 0 saturated carbocycles. The van der Waals surface area contributed by atoms with Gasteiger partial charge in [0.15, 0.2) is 0 Å². The van der Waals surface area contributed by atoms with E-state index in [-0.39, 0.29) is 23.2 Å². The Morgan fingerprint density at radius 3 is 2.24 bits per heavy atom. The average Bonchev–Trinajstić information content (AvgIpc) is 2.66. The van der Waals surface area contributed by atoms with Crippen molar-refractivity contribution >= 4 is 21.8 Å². The molecular weight excluding hydrogens is 332 g/mol. The van der Waals surface area contributed by atoms with E-state index in [0.29, 0.717) is 13.1 Å². The van der Waals surface area contributed by atoms with Crippen molar-refractivity contribution in [2.45, 2.75) is 58.8 Å². The van der Waals surface area contributed by atoms with Crippen LogP contribution in [-0.2, 0) is 4.74 Å². The Hall–Kier alpha value is -0.810. The summed E-state index contributed by atoms with van der Waals surface area (Å²) in [6.07, 6.45) is 1.97. The van der Waals surface area contributed by atoms with E-state index in [4.69, 9.17) is 4.74 Å². The topological polar surface area (TPSA) is 34.5 Å². The second kappa shape index (κ2) is 5.43. The number of hydrogen-bond donors (Lipinski definition) is 0. The summed E-state index contributed by atoms with van der Waals surface area (Å²) in [6.45, 7) is 13.5. The highest BCUT2D eigenvalue weighted by atomic mass is 79.9. The van der Waals surface area contributed by atoms with Crippen LogP contribution >= 0.6 is 15.9 Å². The summed E-state index contributed by atoms with van der Waals surface area (Å²) >= 11 is 3.47. The molecule has 1 aromatic heterocycles. The van der Waals surface area contributed by atoms with E-state index < -0.39 is 0 Å². The summed E-state index contributed by atoms with van der Waals surface area (Å²) in [5.41, 5.74) is 0.0683. The number of hydrogen-bond acceptors (Lipinski definition) is 2. The molecule has 1 fully saturated rings. The number of ether oxygens (including phenoxy) is 1. The van der Waals surface area contributed by atoms with Crippen molar-refractivity contribution in [3.8, 4) is 0 Å². The molecule has 2 rings (SSSR count). The standard InChI is InChI=1S/C16H25BrN2O2/c1-11(2)19-8-12(17)7-13(19)14(20)18-9-15(3,4)21-16(5,6)10-18/h7-8,11H,9-10H2,1-6H3. The smallest absolute Gasteiger partial charge is 0.270 e. The molecule has 0 N–H and O–H groups in total. The molecule has 5 heteroatoms. The molecule has 1 aliphatic heterocycles. The van der Waals surface area contributed by atoms with Gasteiger partial charge in [0, 0.05) is 29.8 Å². The van der Waals surface area contributed by atoms with Crippen molar-refractivity contribution in [3.63, 3.8) is 0 Å². The molecule has 2 heterocycles. The van der Waals surface area contributed by atoms with Crippen molar-refractivity contribution in [3.05, 3.63) is 22.4 Å². The van der Waals surface area contributed by atoms with Crippen LogP contribution in [-0.4, -0.2) is 39.7 Å². The number of nitrogens with zero attached hydrogens (tertiary/aromatic N) is 2. The highest BCUT2D eigenvalue weighted by Crippen LogP contribution is 2.30. The molecule has 1 amide bonds. The third kappa shape index (κ3) is 3.69. The Kier molecular flexibility index (Phi) is 4.28. The fourth-order valence-electron chi connectivity index (χ4n) is 3.14. The summed E-state index contributed by atoms with van der Waals surface area (Å²) in [4.78, 5) is 14.8. The molecule has 21 heavy (non-hydrogen) atoms. The van der Waals surface area contributed by atoms with Crippen molar-refractivity contribution < 1.29 is 9.53 Å². The van der Waals surface area contributed by atoms with Crippen LogP contribution in [0, 0.1) is 0 Å². The summed E-state index contributed by atoms with van der Waals surface area (Å²) in [5.74, 6) is 0.0684. The maximum Gasteiger partial charge on any atom is 0.270 e. The first kappa shape index (κ1) is 16.6. The first-order valence-corrected chi connectivity index (χ1v) is 8.17.